The lowest BCUT2D eigenvalue weighted by atomic mass is 9.92. The largest absolute Gasteiger partial charge is 0.381 e. The molecule has 31 heavy (non-hydrogen) atoms. The SMILES string of the molecule is Cc1noc(CNc2nnc(C3CCOCC3)c3ccc(-c4ccc(F)cn4)cc23)n1. The van der Waals surface area contributed by atoms with E-state index in [9.17, 15) is 4.39 Å². The van der Waals surface area contributed by atoms with Crippen molar-refractivity contribution in [1.82, 2.24) is 25.3 Å². The highest BCUT2D eigenvalue weighted by molar-refractivity contribution is 5.96. The molecule has 8 nitrogen and oxygen atoms in total. The molecule has 0 unspecified atom stereocenters. The third-order valence-corrected chi connectivity index (χ3v) is 5.42. The summed E-state index contributed by atoms with van der Waals surface area (Å²) in [6, 6.07) is 9.10. The molecule has 1 aliphatic heterocycles. The van der Waals surface area contributed by atoms with E-state index in [4.69, 9.17) is 9.26 Å². The number of fused-ring (bicyclic) bond motifs is 1. The number of ether oxygens (including phenoxy) is 1. The maximum absolute atomic E-state index is 13.3. The molecule has 5 rings (SSSR count). The van der Waals surface area contributed by atoms with Crippen LogP contribution < -0.4 is 5.32 Å². The first-order valence-corrected chi connectivity index (χ1v) is 10.2. The number of nitrogens with one attached hydrogen (secondary N) is 1. The fourth-order valence-electron chi connectivity index (χ4n) is 3.86. The number of hydrogen-bond donors (Lipinski definition) is 1. The number of aryl methyl sites for hydroxylation is 1. The molecule has 0 spiro atoms. The molecule has 0 aliphatic carbocycles. The van der Waals surface area contributed by atoms with E-state index in [1.165, 1.54) is 12.3 Å². The number of pyridine rings is 1. The number of benzene rings is 1. The smallest absolute Gasteiger partial charge is 0.245 e. The van der Waals surface area contributed by atoms with Gasteiger partial charge in [-0.15, -0.1) is 5.10 Å². The Hall–Kier alpha value is -3.46. The summed E-state index contributed by atoms with van der Waals surface area (Å²) in [6.45, 7) is 3.55. The lowest BCUT2D eigenvalue weighted by Gasteiger charge is -2.23. The Morgan fingerprint density at radius 3 is 2.71 bits per heavy atom. The van der Waals surface area contributed by atoms with Gasteiger partial charge in [0.25, 0.3) is 0 Å². The van der Waals surface area contributed by atoms with Crippen molar-refractivity contribution in [3.63, 3.8) is 0 Å². The van der Waals surface area contributed by atoms with E-state index in [1.54, 1.807) is 13.0 Å². The van der Waals surface area contributed by atoms with Crippen LogP contribution >= 0.6 is 0 Å². The van der Waals surface area contributed by atoms with Gasteiger partial charge in [0.15, 0.2) is 11.6 Å². The van der Waals surface area contributed by atoms with Crippen LogP contribution in [0.4, 0.5) is 10.2 Å². The maximum atomic E-state index is 13.3. The Kier molecular flexibility index (Phi) is 5.25. The van der Waals surface area contributed by atoms with Crippen LogP contribution in [0.1, 0.15) is 36.2 Å². The fourth-order valence-corrected chi connectivity index (χ4v) is 3.86. The molecular weight excluding hydrogens is 399 g/mol. The molecule has 9 heteroatoms. The maximum Gasteiger partial charge on any atom is 0.245 e. The number of rotatable bonds is 5. The molecule has 0 atom stereocenters. The standard InChI is InChI=1S/C22H21FN6O2/c1-13-26-20(31-29-13)12-25-22-18-10-15(19-5-3-16(23)11-24-19)2-4-17(18)21(27-28-22)14-6-8-30-9-7-14/h2-5,10-11,14H,6-9,12H2,1H3,(H,25,28). The van der Waals surface area contributed by atoms with Gasteiger partial charge in [-0.2, -0.15) is 10.1 Å². The van der Waals surface area contributed by atoms with Crippen LogP contribution in [0, 0.1) is 12.7 Å². The average Bonchev–Trinajstić information content (AvgIpc) is 3.23. The predicted molar refractivity (Wildman–Crippen MR) is 112 cm³/mol. The van der Waals surface area contributed by atoms with Crippen molar-refractivity contribution in [2.24, 2.45) is 0 Å². The molecule has 1 fully saturated rings. The van der Waals surface area contributed by atoms with Gasteiger partial charge < -0.3 is 14.6 Å². The highest BCUT2D eigenvalue weighted by atomic mass is 19.1. The second kappa shape index (κ2) is 8.35. The monoisotopic (exact) mass is 420 g/mol. The molecule has 1 N–H and O–H groups in total. The zero-order valence-electron chi connectivity index (χ0n) is 17.0. The van der Waals surface area contributed by atoms with Gasteiger partial charge in [0.1, 0.15) is 5.82 Å². The summed E-state index contributed by atoms with van der Waals surface area (Å²) in [7, 11) is 0. The minimum Gasteiger partial charge on any atom is -0.381 e. The minimum absolute atomic E-state index is 0.297. The fraction of sp³-hybridized carbons (Fsp3) is 0.318. The van der Waals surface area contributed by atoms with E-state index in [0.29, 0.717) is 35.7 Å². The Morgan fingerprint density at radius 2 is 1.97 bits per heavy atom. The van der Waals surface area contributed by atoms with Gasteiger partial charge >= 0.3 is 0 Å². The molecule has 0 amide bonds. The van der Waals surface area contributed by atoms with Gasteiger partial charge in [-0.25, -0.2) is 4.39 Å². The van der Waals surface area contributed by atoms with Crippen LogP contribution in [0.25, 0.3) is 22.0 Å². The Bertz CT molecular complexity index is 1200. The minimum atomic E-state index is -0.366. The van der Waals surface area contributed by atoms with Gasteiger partial charge in [-0.1, -0.05) is 17.3 Å². The van der Waals surface area contributed by atoms with Gasteiger partial charge in [0, 0.05) is 35.5 Å². The normalized spacial score (nSPS) is 14.8. The molecule has 1 aromatic carbocycles. The highest BCUT2D eigenvalue weighted by Crippen LogP contribution is 2.35. The van der Waals surface area contributed by atoms with E-state index in [2.05, 4.69) is 30.6 Å². The first kappa shape index (κ1) is 19.5. The van der Waals surface area contributed by atoms with Crippen LogP contribution in [0.3, 0.4) is 0 Å². The summed E-state index contributed by atoms with van der Waals surface area (Å²) < 4.78 is 24.0. The third kappa shape index (κ3) is 4.09. The summed E-state index contributed by atoms with van der Waals surface area (Å²) in [6.07, 6.45) is 3.05. The molecule has 0 saturated carbocycles. The van der Waals surface area contributed by atoms with Gasteiger partial charge in [0.2, 0.25) is 5.89 Å². The van der Waals surface area contributed by atoms with E-state index < -0.39 is 0 Å². The summed E-state index contributed by atoms with van der Waals surface area (Å²) in [5.41, 5.74) is 2.53. The Morgan fingerprint density at radius 1 is 1.10 bits per heavy atom. The molecule has 1 aliphatic rings. The number of aromatic nitrogens is 5. The second-order valence-electron chi connectivity index (χ2n) is 7.53. The van der Waals surface area contributed by atoms with Crippen molar-refractivity contribution in [2.45, 2.75) is 32.2 Å². The molecule has 0 radical (unpaired) electrons. The van der Waals surface area contributed by atoms with Crippen LogP contribution in [0.5, 0.6) is 0 Å². The van der Waals surface area contributed by atoms with Gasteiger partial charge in [-0.3, -0.25) is 4.98 Å². The van der Waals surface area contributed by atoms with Gasteiger partial charge in [-0.05, 0) is 38.0 Å². The van der Waals surface area contributed by atoms with E-state index >= 15 is 0 Å². The summed E-state index contributed by atoms with van der Waals surface area (Å²) in [5, 5.41) is 18.1. The number of hydrogen-bond acceptors (Lipinski definition) is 8. The van der Waals surface area contributed by atoms with E-state index in [1.807, 2.05) is 18.2 Å². The first-order valence-electron chi connectivity index (χ1n) is 10.2. The summed E-state index contributed by atoms with van der Waals surface area (Å²) in [5.74, 6) is 1.59. The van der Waals surface area contributed by atoms with Crippen molar-refractivity contribution in [3.8, 4) is 11.3 Å². The van der Waals surface area contributed by atoms with Crippen LogP contribution in [-0.2, 0) is 11.3 Å². The lowest BCUT2D eigenvalue weighted by Crippen LogP contribution is -2.16. The number of anilines is 1. The molecule has 1 saturated heterocycles. The van der Waals surface area contributed by atoms with Crippen molar-refractivity contribution in [1.29, 1.82) is 0 Å². The van der Waals surface area contributed by atoms with Crippen LogP contribution in [0.15, 0.2) is 41.1 Å². The Balaban J connectivity index is 1.56. The Labute approximate surface area is 177 Å². The molecule has 3 aromatic heterocycles. The van der Waals surface area contributed by atoms with E-state index in [0.717, 1.165) is 48.1 Å². The molecule has 4 heterocycles. The van der Waals surface area contributed by atoms with Crippen molar-refractivity contribution in [2.75, 3.05) is 18.5 Å². The molecular formula is C22H21FN6O2. The zero-order chi connectivity index (χ0) is 21.2. The van der Waals surface area contributed by atoms with Crippen LogP contribution in [0.2, 0.25) is 0 Å². The number of nitrogens with zero attached hydrogens (tertiary/aromatic N) is 5. The topological polar surface area (TPSA) is 98.9 Å². The number of halogens is 1. The quantitative estimate of drug-likeness (QED) is 0.517. The predicted octanol–water partition coefficient (Wildman–Crippen LogP) is 4.03. The first-order chi connectivity index (χ1) is 15.2. The lowest BCUT2D eigenvalue weighted by molar-refractivity contribution is 0.0846. The van der Waals surface area contributed by atoms with Crippen molar-refractivity contribution < 1.29 is 13.7 Å². The zero-order valence-corrected chi connectivity index (χ0v) is 17.0. The second-order valence-corrected chi connectivity index (χ2v) is 7.53. The average molecular weight is 420 g/mol. The van der Waals surface area contributed by atoms with Crippen molar-refractivity contribution >= 4 is 16.6 Å². The molecule has 0 bridgehead atoms. The van der Waals surface area contributed by atoms with Crippen molar-refractivity contribution in [3.05, 3.63) is 59.8 Å². The third-order valence-electron chi connectivity index (χ3n) is 5.42. The molecule has 158 valence electrons. The highest BCUT2D eigenvalue weighted by Gasteiger charge is 2.22. The van der Waals surface area contributed by atoms with E-state index in [-0.39, 0.29) is 5.82 Å². The summed E-state index contributed by atoms with van der Waals surface area (Å²) >= 11 is 0. The molecule has 4 aromatic rings. The van der Waals surface area contributed by atoms with Crippen LogP contribution in [-0.4, -0.2) is 38.5 Å². The summed E-state index contributed by atoms with van der Waals surface area (Å²) in [4.78, 5) is 8.43. The van der Waals surface area contributed by atoms with Gasteiger partial charge in [0.05, 0.1) is 24.1 Å².